The first kappa shape index (κ1) is 11.7. The van der Waals surface area contributed by atoms with Crippen molar-refractivity contribution in [3.05, 3.63) is 0 Å². The van der Waals surface area contributed by atoms with Crippen molar-refractivity contribution in [3.8, 4) is 0 Å². The van der Waals surface area contributed by atoms with Gasteiger partial charge < -0.3 is 5.73 Å². The third-order valence-electron chi connectivity index (χ3n) is 3.31. The van der Waals surface area contributed by atoms with Crippen molar-refractivity contribution in [1.29, 1.82) is 0 Å². The first-order chi connectivity index (χ1) is 6.69. The SMILES string of the molecule is CCCCCCCC(=O)C1(N)CCC1. The van der Waals surface area contributed by atoms with Crippen LogP contribution >= 0.6 is 0 Å². The molecule has 0 aromatic heterocycles. The van der Waals surface area contributed by atoms with Crippen LogP contribution in [0.1, 0.15) is 64.7 Å². The van der Waals surface area contributed by atoms with E-state index in [0.29, 0.717) is 12.2 Å². The van der Waals surface area contributed by atoms with Gasteiger partial charge >= 0.3 is 0 Å². The number of ketones is 1. The van der Waals surface area contributed by atoms with Crippen molar-refractivity contribution in [2.45, 2.75) is 70.3 Å². The van der Waals surface area contributed by atoms with Gasteiger partial charge in [0.05, 0.1) is 5.54 Å². The Bertz CT molecular complexity index is 185. The zero-order valence-corrected chi connectivity index (χ0v) is 9.35. The van der Waals surface area contributed by atoms with Crippen LogP contribution in [0, 0.1) is 0 Å². The average molecular weight is 197 g/mol. The van der Waals surface area contributed by atoms with Gasteiger partial charge in [-0.05, 0) is 25.7 Å². The number of rotatable bonds is 7. The molecule has 1 aliphatic carbocycles. The maximum atomic E-state index is 11.7. The summed E-state index contributed by atoms with van der Waals surface area (Å²) < 4.78 is 0. The number of hydrogen-bond donors (Lipinski definition) is 1. The van der Waals surface area contributed by atoms with Gasteiger partial charge in [0, 0.05) is 6.42 Å². The lowest BCUT2D eigenvalue weighted by molar-refractivity contribution is -0.127. The summed E-state index contributed by atoms with van der Waals surface area (Å²) in [5.74, 6) is 0.306. The van der Waals surface area contributed by atoms with Crippen LogP contribution in [0.25, 0.3) is 0 Å². The smallest absolute Gasteiger partial charge is 0.152 e. The summed E-state index contributed by atoms with van der Waals surface area (Å²) in [6, 6.07) is 0. The van der Waals surface area contributed by atoms with Gasteiger partial charge in [-0.1, -0.05) is 32.6 Å². The molecule has 0 radical (unpaired) electrons. The van der Waals surface area contributed by atoms with E-state index in [-0.39, 0.29) is 0 Å². The molecule has 1 rings (SSSR count). The quantitative estimate of drug-likeness (QED) is 0.638. The van der Waals surface area contributed by atoms with Crippen molar-refractivity contribution < 1.29 is 4.79 Å². The lowest BCUT2D eigenvalue weighted by Gasteiger charge is -2.36. The van der Waals surface area contributed by atoms with E-state index in [2.05, 4.69) is 6.92 Å². The van der Waals surface area contributed by atoms with Crippen LogP contribution in [-0.2, 0) is 4.79 Å². The molecule has 1 fully saturated rings. The predicted octanol–water partition coefficient (Wildman–Crippen LogP) is 2.80. The molecule has 0 spiro atoms. The number of carbonyl (C=O) groups excluding carboxylic acids is 1. The predicted molar refractivity (Wildman–Crippen MR) is 59.2 cm³/mol. The van der Waals surface area contributed by atoms with Gasteiger partial charge in [-0.25, -0.2) is 0 Å². The Balaban J connectivity index is 2.03. The molecule has 0 aliphatic heterocycles. The van der Waals surface area contributed by atoms with E-state index in [1.165, 1.54) is 25.7 Å². The van der Waals surface area contributed by atoms with E-state index < -0.39 is 5.54 Å². The van der Waals surface area contributed by atoms with E-state index in [1.807, 2.05) is 0 Å². The molecule has 0 aromatic carbocycles. The van der Waals surface area contributed by atoms with Crippen LogP contribution in [0.2, 0.25) is 0 Å². The number of nitrogens with two attached hydrogens (primary N) is 1. The Kier molecular flexibility index (Phi) is 4.59. The third-order valence-corrected chi connectivity index (χ3v) is 3.31. The molecular formula is C12H23NO. The number of unbranched alkanes of at least 4 members (excludes halogenated alkanes) is 4. The van der Waals surface area contributed by atoms with Gasteiger partial charge in [-0.2, -0.15) is 0 Å². The van der Waals surface area contributed by atoms with Crippen LogP contribution in [0.15, 0.2) is 0 Å². The zero-order valence-electron chi connectivity index (χ0n) is 9.35. The maximum Gasteiger partial charge on any atom is 0.152 e. The lowest BCUT2D eigenvalue weighted by Crippen LogP contribution is -2.53. The molecule has 14 heavy (non-hydrogen) atoms. The lowest BCUT2D eigenvalue weighted by atomic mass is 9.73. The monoisotopic (exact) mass is 197 g/mol. The Morgan fingerprint density at radius 1 is 1.21 bits per heavy atom. The molecule has 0 aromatic rings. The molecule has 0 bridgehead atoms. The maximum absolute atomic E-state index is 11.7. The highest BCUT2D eigenvalue weighted by atomic mass is 16.1. The highest BCUT2D eigenvalue weighted by Crippen LogP contribution is 2.31. The fourth-order valence-electron chi connectivity index (χ4n) is 1.97. The zero-order chi connectivity index (χ0) is 10.4. The normalized spacial score (nSPS) is 19.0. The number of hydrogen-bond acceptors (Lipinski definition) is 2. The summed E-state index contributed by atoms with van der Waals surface area (Å²) in [4.78, 5) is 11.7. The van der Waals surface area contributed by atoms with E-state index in [4.69, 9.17) is 5.73 Å². The Labute approximate surface area is 87.2 Å². The molecule has 1 saturated carbocycles. The van der Waals surface area contributed by atoms with Gasteiger partial charge in [0.1, 0.15) is 0 Å². The van der Waals surface area contributed by atoms with E-state index >= 15 is 0 Å². The van der Waals surface area contributed by atoms with Gasteiger partial charge in [-0.15, -0.1) is 0 Å². The minimum Gasteiger partial charge on any atom is -0.319 e. The summed E-state index contributed by atoms with van der Waals surface area (Å²) in [5, 5.41) is 0. The molecule has 2 N–H and O–H groups in total. The minimum atomic E-state index is -0.412. The van der Waals surface area contributed by atoms with Gasteiger partial charge in [0.25, 0.3) is 0 Å². The molecule has 0 amide bonds. The van der Waals surface area contributed by atoms with Crippen LogP contribution in [-0.4, -0.2) is 11.3 Å². The van der Waals surface area contributed by atoms with Crippen molar-refractivity contribution in [2.24, 2.45) is 5.73 Å². The Morgan fingerprint density at radius 2 is 1.86 bits per heavy atom. The summed E-state index contributed by atoms with van der Waals surface area (Å²) >= 11 is 0. The average Bonchev–Trinajstić information content (AvgIpc) is 2.13. The fraction of sp³-hybridized carbons (Fsp3) is 0.917. The van der Waals surface area contributed by atoms with Crippen molar-refractivity contribution in [3.63, 3.8) is 0 Å². The molecule has 0 saturated heterocycles. The summed E-state index contributed by atoms with van der Waals surface area (Å²) in [6.07, 6.45) is 9.73. The molecule has 0 atom stereocenters. The highest BCUT2D eigenvalue weighted by molar-refractivity contribution is 5.89. The van der Waals surface area contributed by atoms with Crippen molar-refractivity contribution >= 4 is 5.78 Å². The molecular weight excluding hydrogens is 174 g/mol. The summed E-state index contributed by atoms with van der Waals surface area (Å²) in [6.45, 7) is 2.20. The van der Waals surface area contributed by atoms with Crippen molar-refractivity contribution in [1.82, 2.24) is 0 Å². The van der Waals surface area contributed by atoms with Crippen molar-refractivity contribution in [2.75, 3.05) is 0 Å². The topological polar surface area (TPSA) is 43.1 Å². The largest absolute Gasteiger partial charge is 0.319 e. The molecule has 2 heteroatoms. The minimum absolute atomic E-state index is 0.306. The first-order valence-corrected chi connectivity index (χ1v) is 6.01. The third kappa shape index (κ3) is 3.09. The van der Waals surface area contributed by atoms with E-state index in [1.54, 1.807) is 0 Å². The highest BCUT2D eigenvalue weighted by Gasteiger charge is 2.38. The molecule has 0 unspecified atom stereocenters. The molecule has 82 valence electrons. The van der Waals surface area contributed by atoms with Crippen LogP contribution in [0.3, 0.4) is 0 Å². The summed E-state index contributed by atoms with van der Waals surface area (Å²) in [7, 11) is 0. The second-order valence-corrected chi connectivity index (χ2v) is 4.60. The van der Waals surface area contributed by atoms with Gasteiger partial charge in [0.2, 0.25) is 0 Å². The Morgan fingerprint density at radius 3 is 2.36 bits per heavy atom. The van der Waals surface area contributed by atoms with E-state index in [9.17, 15) is 4.79 Å². The first-order valence-electron chi connectivity index (χ1n) is 6.01. The van der Waals surface area contributed by atoms with Gasteiger partial charge in [-0.3, -0.25) is 4.79 Å². The van der Waals surface area contributed by atoms with Crippen LogP contribution in [0.4, 0.5) is 0 Å². The Hall–Kier alpha value is -0.370. The molecule has 0 heterocycles. The summed E-state index contributed by atoms with van der Waals surface area (Å²) in [5.41, 5.74) is 5.53. The molecule has 2 nitrogen and oxygen atoms in total. The second-order valence-electron chi connectivity index (χ2n) is 4.60. The van der Waals surface area contributed by atoms with E-state index in [0.717, 1.165) is 25.7 Å². The standard InChI is InChI=1S/C12H23NO/c1-2-3-4-5-6-8-11(14)12(13)9-7-10-12/h2-10,13H2,1H3. The fourth-order valence-corrected chi connectivity index (χ4v) is 1.97. The number of Topliss-reactive ketones (excluding diaryl/α,β-unsaturated/α-hetero) is 1. The molecule has 1 aliphatic rings. The van der Waals surface area contributed by atoms with Crippen LogP contribution in [0.5, 0.6) is 0 Å². The van der Waals surface area contributed by atoms with Gasteiger partial charge in [0.15, 0.2) is 5.78 Å². The van der Waals surface area contributed by atoms with Crippen LogP contribution < -0.4 is 5.73 Å². The second kappa shape index (κ2) is 5.50. The number of carbonyl (C=O) groups is 1.